The summed E-state index contributed by atoms with van der Waals surface area (Å²) in [7, 11) is -1.72. The number of pyridine rings is 1. The van der Waals surface area contributed by atoms with Gasteiger partial charge in [0.1, 0.15) is 0 Å². The normalized spacial score (nSPS) is 18.5. The van der Waals surface area contributed by atoms with Gasteiger partial charge in [0.05, 0.1) is 34.9 Å². The van der Waals surface area contributed by atoms with Gasteiger partial charge in [-0.1, -0.05) is 83.9 Å². The molecule has 1 aromatic rings. The number of aromatic nitrogens is 1. The largest absolute Gasteiger partial charge is 2.00 e. The Morgan fingerprint density at radius 3 is 1.26 bits per heavy atom. The molecule has 1 aromatic heterocycles. The molecule has 2 aliphatic rings. The van der Waals surface area contributed by atoms with Crippen LogP contribution in [0.15, 0.2) is 28.2 Å². The van der Waals surface area contributed by atoms with E-state index in [9.17, 15) is 0 Å². The average molecular weight is 556 g/mol. The second-order valence-electron chi connectivity index (χ2n) is 12.5. The summed E-state index contributed by atoms with van der Waals surface area (Å²) in [5.74, 6) is 0. The van der Waals surface area contributed by atoms with E-state index in [1.54, 1.807) is 0 Å². The summed E-state index contributed by atoms with van der Waals surface area (Å²) in [5.41, 5.74) is 4.18. The quantitative estimate of drug-likeness (QED) is 0.208. The minimum Gasteiger partial charge on any atom is -0.342 e. The van der Waals surface area contributed by atoms with Crippen molar-refractivity contribution in [3.8, 4) is 0 Å². The second kappa shape index (κ2) is 17.0. The van der Waals surface area contributed by atoms with Crippen molar-refractivity contribution in [1.29, 1.82) is 0 Å². The van der Waals surface area contributed by atoms with Crippen molar-refractivity contribution in [2.24, 2.45) is 9.98 Å². The molecule has 0 unspecified atom stereocenters. The van der Waals surface area contributed by atoms with Crippen LogP contribution in [-0.2, 0) is 17.1 Å². The Morgan fingerprint density at radius 2 is 0.971 bits per heavy atom. The van der Waals surface area contributed by atoms with E-state index in [1.165, 1.54) is 64.2 Å². The van der Waals surface area contributed by atoms with Crippen molar-refractivity contribution in [3.63, 3.8) is 0 Å². The molecule has 2 saturated carbocycles. The summed E-state index contributed by atoms with van der Waals surface area (Å²) in [6, 6.07) is 7.26. The Kier molecular flexibility index (Phi) is 16.8. The maximum atomic E-state index is 4.94. The molecule has 3 rings (SSSR count). The predicted octanol–water partition coefficient (Wildman–Crippen LogP) is 8.76. The Labute approximate surface area is 231 Å². The number of hydrogen-bond acceptors (Lipinski definition) is 3. The average Bonchev–Trinajstić information content (AvgIpc) is 2.73. The molecule has 0 aromatic carbocycles. The Morgan fingerprint density at radius 1 is 0.686 bits per heavy atom. The van der Waals surface area contributed by atoms with Crippen LogP contribution in [0, 0.1) is 13.1 Å². The van der Waals surface area contributed by atoms with E-state index >= 15 is 0 Å². The zero-order chi connectivity index (χ0) is 25.8. The Hall–Kier alpha value is -0.557. The van der Waals surface area contributed by atoms with Gasteiger partial charge in [0.15, 0.2) is 0 Å². The fourth-order valence-electron chi connectivity index (χ4n) is 3.94. The molecule has 0 atom stereocenters. The Balaban J connectivity index is 0.000000894. The molecule has 35 heavy (non-hydrogen) atoms. The first-order valence-corrected chi connectivity index (χ1v) is 20.9. The SMILES string of the molecule is CC(=NC1CCCCC1)c1cccc(C(C)=NC2CCCCC2)n1.[CH2-][Si](C)(C)C.[CH2-][Si](C)(C)C.[Fe+2]. The maximum absolute atomic E-state index is 4.94. The summed E-state index contributed by atoms with van der Waals surface area (Å²) in [4.78, 5) is 14.7. The molecule has 0 saturated heterocycles. The zero-order valence-corrected chi connectivity index (χ0v) is 27.2. The van der Waals surface area contributed by atoms with Crippen molar-refractivity contribution in [2.75, 3.05) is 0 Å². The van der Waals surface area contributed by atoms with E-state index in [4.69, 9.17) is 15.0 Å². The number of aliphatic imine (C=N–C) groups is 2. The molecule has 0 aliphatic heterocycles. The van der Waals surface area contributed by atoms with E-state index < -0.39 is 16.1 Å². The molecule has 3 nitrogen and oxygen atoms in total. The third-order valence-electron chi connectivity index (χ3n) is 5.39. The van der Waals surface area contributed by atoms with Gasteiger partial charge in [0.25, 0.3) is 0 Å². The van der Waals surface area contributed by atoms with Gasteiger partial charge >= 0.3 is 17.1 Å². The molecular formula is C29H53FeN3Si2. The topological polar surface area (TPSA) is 37.6 Å². The van der Waals surface area contributed by atoms with Crippen LogP contribution in [0.5, 0.6) is 0 Å². The molecule has 2 fully saturated rings. The van der Waals surface area contributed by atoms with Crippen molar-refractivity contribution in [1.82, 2.24) is 4.98 Å². The summed E-state index contributed by atoms with van der Waals surface area (Å²) in [6.45, 7) is 25.3. The Bertz CT molecular complexity index is 694. The number of nitrogens with zero attached hydrogens (tertiary/aromatic N) is 3. The minimum atomic E-state index is -0.861. The van der Waals surface area contributed by atoms with Gasteiger partial charge in [-0.2, -0.15) is 0 Å². The zero-order valence-electron chi connectivity index (χ0n) is 24.1. The molecule has 0 amide bonds. The van der Waals surface area contributed by atoms with Gasteiger partial charge in [-0.25, -0.2) is 4.98 Å². The van der Waals surface area contributed by atoms with Crippen LogP contribution in [0.4, 0.5) is 0 Å². The van der Waals surface area contributed by atoms with Gasteiger partial charge in [0, 0.05) is 0 Å². The van der Waals surface area contributed by atoms with Crippen LogP contribution in [0.25, 0.3) is 0 Å². The van der Waals surface area contributed by atoms with Gasteiger partial charge in [0.2, 0.25) is 0 Å². The van der Waals surface area contributed by atoms with Gasteiger partial charge < -0.3 is 13.1 Å². The summed E-state index contributed by atoms with van der Waals surface area (Å²) in [5, 5.41) is 0. The van der Waals surface area contributed by atoms with Crippen LogP contribution in [0.3, 0.4) is 0 Å². The van der Waals surface area contributed by atoms with Gasteiger partial charge in [-0.3, -0.25) is 9.98 Å². The van der Waals surface area contributed by atoms with E-state index in [0.717, 1.165) is 22.8 Å². The monoisotopic (exact) mass is 555 g/mol. The van der Waals surface area contributed by atoms with Crippen LogP contribution in [0.1, 0.15) is 89.4 Å². The maximum Gasteiger partial charge on any atom is 2.00 e. The molecule has 6 heteroatoms. The first kappa shape index (κ1) is 34.4. The number of hydrogen-bond donors (Lipinski definition) is 0. The molecule has 1 heterocycles. The predicted molar refractivity (Wildman–Crippen MR) is 160 cm³/mol. The van der Waals surface area contributed by atoms with E-state index in [2.05, 4.69) is 84.4 Å². The molecule has 200 valence electrons. The van der Waals surface area contributed by atoms with Crippen molar-refractivity contribution < 1.29 is 17.1 Å². The van der Waals surface area contributed by atoms with Crippen LogP contribution >= 0.6 is 0 Å². The summed E-state index contributed by atoms with van der Waals surface area (Å²) < 4.78 is 0. The van der Waals surface area contributed by atoms with E-state index in [0.29, 0.717) is 12.1 Å². The third kappa shape index (κ3) is 19.3. The number of rotatable bonds is 4. The van der Waals surface area contributed by atoms with Gasteiger partial charge in [-0.15, -0.1) is 16.1 Å². The van der Waals surface area contributed by atoms with Crippen molar-refractivity contribution >= 4 is 27.6 Å². The molecule has 2 aliphatic carbocycles. The van der Waals surface area contributed by atoms with E-state index in [1.807, 2.05) is 0 Å². The fraction of sp³-hybridized carbons (Fsp3) is 0.690. The minimum absolute atomic E-state index is 0. The van der Waals surface area contributed by atoms with Crippen molar-refractivity contribution in [3.05, 3.63) is 42.7 Å². The first-order chi connectivity index (χ1) is 15.7. The third-order valence-corrected chi connectivity index (χ3v) is 5.39. The van der Waals surface area contributed by atoms with Crippen molar-refractivity contribution in [2.45, 2.75) is 129 Å². The summed E-state index contributed by atoms with van der Waals surface area (Å²) >= 11 is 0. The molecule has 0 radical (unpaired) electrons. The fourth-order valence-corrected chi connectivity index (χ4v) is 3.94. The van der Waals surface area contributed by atoms with Crippen LogP contribution in [-0.4, -0.2) is 44.6 Å². The molecule has 0 N–H and O–H groups in total. The second-order valence-corrected chi connectivity index (χ2v) is 22.8. The van der Waals surface area contributed by atoms with Crippen LogP contribution < -0.4 is 0 Å². The first-order valence-electron chi connectivity index (χ1n) is 13.5. The smallest absolute Gasteiger partial charge is 0.342 e. The van der Waals surface area contributed by atoms with Crippen LogP contribution in [0.2, 0.25) is 39.3 Å². The molecule has 0 spiro atoms. The molecular weight excluding hydrogens is 502 g/mol. The van der Waals surface area contributed by atoms with E-state index in [-0.39, 0.29) is 17.1 Å². The molecule has 0 bridgehead atoms. The van der Waals surface area contributed by atoms with Gasteiger partial charge in [-0.05, 0) is 51.7 Å². The standard InChI is InChI=1S/C21H31N3.2C4H11Si.Fe/c1-16(22-18-10-5-3-6-11-18)20-14-9-15-21(24-20)17(2)23-19-12-7-4-8-13-19;2*1-5(2,3)4;/h9,14-15,18-19H,3-8,10-13H2,1-2H3;2*1H2,2-4H3;/q;2*-1;+2. The summed E-state index contributed by atoms with van der Waals surface area (Å²) in [6.07, 6.45) is 13.0.